The first-order valence-electron chi connectivity index (χ1n) is 5.52. The number of hydrogen-bond acceptors (Lipinski definition) is 4. The minimum Gasteiger partial charge on any atom is -0.467 e. The largest absolute Gasteiger partial charge is 0.467 e. The average molecular weight is 235 g/mol. The van der Waals surface area contributed by atoms with Crippen molar-refractivity contribution in [3.63, 3.8) is 0 Å². The van der Waals surface area contributed by atoms with E-state index in [4.69, 9.17) is 9.15 Å². The lowest BCUT2D eigenvalue weighted by Crippen LogP contribution is -2.02. The third-order valence-electron chi connectivity index (χ3n) is 2.65. The molecule has 0 saturated heterocycles. The molecule has 0 aromatic carbocycles. The summed E-state index contributed by atoms with van der Waals surface area (Å²) in [6.07, 6.45) is 1.65. The Balaban J connectivity index is 1.99. The number of nitrogens with zero attached hydrogens (tertiary/aromatic N) is 2. The van der Waals surface area contributed by atoms with Gasteiger partial charge in [0.25, 0.3) is 0 Å². The molecule has 0 aliphatic carbocycles. The van der Waals surface area contributed by atoms with E-state index in [1.807, 2.05) is 37.8 Å². The predicted octanol–water partition coefficient (Wildman–Crippen LogP) is 2.08. The summed E-state index contributed by atoms with van der Waals surface area (Å²) >= 11 is 0. The van der Waals surface area contributed by atoms with Crippen LogP contribution in [0.5, 0.6) is 0 Å². The smallest absolute Gasteiger partial charge is 0.129 e. The number of ether oxygens (including phenoxy) is 1. The Morgan fingerprint density at radius 3 is 2.94 bits per heavy atom. The van der Waals surface area contributed by atoms with Crippen LogP contribution < -0.4 is 5.32 Å². The van der Waals surface area contributed by atoms with Crippen LogP contribution in [0.1, 0.15) is 17.0 Å². The summed E-state index contributed by atoms with van der Waals surface area (Å²) < 4.78 is 12.6. The lowest BCUT2D eigenvalue weighted by Gasteiger charge is -2.06. The zero-order chi connectivity index (χ0) is 12.3. The van der Waals surface area contributed by atoms with Crippen molar-refractivity contribution >= 4 is 5.82 Å². The van der Waals surface area contributed by atoms with Gasteiger partial charge < -0.3 is 14.5 Å². The topological polar surface area (TPSA) is 52.2 Å². The monoisotopic (exact) mass is 235 g/mol. The number of nitrogens with one attached hydrogen (secondary N) is 1. The molecule has 0 atom stereocenters. The minimum atomic E-state index is 0.477. The van der Waals surface area contributed by atoms with Gasteiger partial charge in [-0.1, -0.05) is 0 Å². The number of furan rings is 1. The Bertz CT molecular complexity index is 474. The Labute approximate surface area is 100 Å². The van der Waals surface area contributed by atoms with Gasteiger partial charge in [0, 0.05) is 19.7 Å². The maximum absolute atomic E-state index is 5.61. The standard InChI is InChI=1S/C12H17N3O2/c1-9-11(12(13-2)15(3)14-9)8-16-7-10-5-4-6-17-10/h4-6,13H,7-8H2,1-3H3. The molecule has 0 radical (unpaired) electrons. The van der Waals surface area contributed by atoms with Crippen LogP contribution in [0.25, 0.3) is 0 Å². The Morgan fingerprint density at radius 1 is 1.47 bits per heavy atom. The number of rotatable bonds is 5. The summed E-state index contributed by atoms with van der Waals surface area (Å²) in [7, 11) is 3.79. The molecule has 17 heavy (non-hydrogen) atoms. The molecule has 92 valence electrons. The zero-order valence-electron chi connectivity index (χ0n) is 10.4. The normalized spacial score (nSPS) is 10.8. The number of hydrogen-bond donors (Lipinski definition) is 1. The second-order valence-electron chi connectivity index (χ2n) is 3.86. The highest BCUT2D eigenvalue weighted by Crippen LogP contribution is 2.19. The van der Waals surface area contributed by atoms with E-state index in [0.717, 1.165) is 22.8 Å². The highest BCUT2D eigenvalue weighted by atomic mass is 16.5. The third-order valence-corrected chi connectivity index (χ3v) is 2.65. The first kappa shape index (κ1) is 11.7. The molecule has 0 fully saturated rings. The average Bonchev–Trinajstić information content (AvgIpc) is 2.88. The molecule has 2 aromatic rings. The van der Waals surface area contributed by atoms with Crippen LogP contribution in [-0.2, 0) is 25.0 Å². The van der Waals surface area contributed by atoms with Crippen LogP contribution in [0.4, 0.5) is 5.82 Å². The maximum Gasteiger partial charge on any atom is 0.129 e. The molecule has 0 aliphatic heterocycles. The second kappa shape index (κ2) is 5.05. The van der Waals surface area contributed by atoms with Gasteiger partial charge in [0.2, 0.25) is 0 Å². The summed E-state index contributed by atoms with van der Waals surface area (Å²) in [4.78, 5) is 0. The highest BCUT2D eigenvalue weighted by Gasteiger charge is 2.11. The predicted molar refractivity (Wildman–Crippen MR) is 64.7 cm³/mol. The minimum absolute atomic E-state index is 0.477. The van der Waals surface area contributed by atoms with Crippen LogP contribution in [0.15, 0.2) is 22.8 Å². The lowest BCUT2D eigenvalue weighted by molar-refractivity contribution is 0.0929. The summed E-state index contributed by atoms with van der Waals surface area (Å²) in [5, 5.41) is 7.47. The Kier molecular flexibility index (Phi) is 3.49. The van der Waals surface area contributed by atoms with Gasteiger partial charge in [0.1, 0.15) is 18.2 Å². The molecule has 0 amide bonds. The van der Waals surface area contributed by atoms with Crippen molar-refractivity contribution in [2.45, 2.75) is 20.1 Å². The molecule has 0 unspecified atom stereocenters. The SMILES string of the molecule is CNc1c(COCc2ccco2)c(C)nn1C. The molecule has 0 aliphatic rings. The van der Waals surface area contributed by atoms with Crippen molar-refractivity contribution in [1.82, 2.24) is 9.78 Å². The molecular formula is C12H17N3O2. The van der Waals surface area contributed by atoms with Crippen molar-refractivity contribution in [3.05, 3.63) is 35.4 Å². The van der Waals surface area contributed by atoms with Crippen LogP contribution in [0.2, 0.25) is 0 Å². The van der Waals surface area contributed by atoms with E-state index in [-0.39, 0.29) is 0 Å². The molecule has 0 spiro atoms. The van der Waals surface area contributed by atoms with Crippen LogP contribution in [-0.4, -0.2) is 16.8 Å². The number of anilines is 1. The summed E-state index contributed by atoms with van der Waals surface area (Å²) in [6, 6.07) is 3.75. The van der Waals surface area contributed by atoms with Crippen molar-refractivity contribution in [1.29, 1.82) is 0 Å². The first-order valence-corrected chi connectivity index (χ1v) is 5.52. The van der Waals surface area contributed by atoms with Crippen LogP contribution in [0.3, 0.4) is 0 Å². The highest BCUT2D eigenvalue weighted by molar-refractivity contribution is 5.46. The van der Waals surface area contributed by atoms with E-state index in [2.05, 4.69) is 10.4 Å². The van der Waals surface area contributed by atoms with E-state index in [1.54, 1.807) is 6.26 Å². The Hall–Kier alpha value is -1.75. The molecule has 2 rings (SSSR count). The molecule has 2 heterocycles. The van der Waals surface area contributed by atoms with Gasteiger partial charge in [0.15, 0.2) is 0 Å². The molecular weight excluding hydrogens is 218 g/mol. The van der Waals surface area contributed by atoms with Gasteiger partial charge in [-0.15, -0.1) is 0 Å². The van der Waals surface area contributed by atoms with E-state index >= 15 is 0 Å². The molecule has 1 N–H and O–H groups in total. The Morgan fingerprint density at radius 2 is 2.29 bits per heavy atom. The second-order valence-corrected chi connectivity index (χ2v) is 3.86. The molecule has 5 heteroatoms. The lowest BCUT2D eigenvalue weighted by atomic mass is 10.2. The van der Waals surface area contributed by atoms with Gasteiger partial charge in [-0.05, 0) is 19.1 Å². The number of aromatic nitrogens is 2. The first-order chi connectivity index (χ1) is 8.22. The van der Waals surface area contributed by atoms with E-state index < -0.39 is 0 Å². The van der Waals surface area contributed by atoms with E-state index in [9.17, 15) is 0 Å². The van der Waals surface area contributed by atoms with Gasteiger partial charge in [0.05, 0.1) is 18.6 Å². The summed E-state index contributed by atoms with van der Waals surface area (Å²) in [5.74, 6) is 1.82. The van der Waals surface area contributed by atoms with Crippen molar-refractivity contribution in [2.75, 3.05) is 12.4 Å². The zero-order valence-corrected chi connectivity index (χ0v) is 10.4. The van der Waals surface area contributed by atoms with E-state index in [0.29, 0.717) is 13.2 Å². The van der Waals surface area contributed by atoms with E-state index in [1.165, 1.54) is 0 Å². The number of aryl methyl sites for hydroxylation is 2. The molecule has 0 bridgehead atoms. The fourth-order valence-corrected chi connectivity index (χ4v) is 1.84. The van der Waals surface area contributed by atoms with Crippen molar-refractivity contribution in [3.8, 4) is 0 Å². The molecule has 0 saturated carbocycles. The van der Waals surface area contributed by atoms with Crippen LogP contribution in [0, 0.1) is 6.92 Å². The fourth-order valence-electron chi connectivity index (χ4n) is 1.84. The summed E-state index contributed by atoms with van der Waals surface area (Å²) in [5.41, 5.74) is 2.07. The third kappa shape index (κ3) is 2.50. The quantitative estimate of drug-likeness (QED) is 0.862. The van der Waals surface area contributed by atoms with Gasteiger partial charge in [-0.2, -0.15) is 5.10 Å². The van der Waals surface area contributed by atoms with Gasteiger partial charge in [-0.3, -0.25) is 4.68 Å². The molecule has 2 aromatic heterocycles. The van der Waals surface area contributed by atoms with Gasteiger partial charge in [-0.25, -0.2) is 0 Å². The van der Waals surface area contributed by atoms with Gasteiger partial charge >= 0.3 is 0 Å². The fraction of sp³-hybridized carbons (Fsp3) is 0.417. The molecule has 5 nitrogen and oxygen atoms in total. The maximum atomic E-state index is 5.61. The van der Waals surface area contributed by atoms with Crippen molar-refractivity contribution < 1.29 is 9.15 Å². The van der Waals surface area contributed by atoms with Crippen molar-refractivity contribution in [2.24, 2.45) is 7.05 Å². The van der Waals surface area contributed by atoms with Crippen LogP contribution >= 0.6 is 0 Å². The summed E-state index contributed by atoms with van der Waals surface area (Å²) in [6.45, 7) is 2.98.